The number of ether oxygens (including phenoxy) is 1. The number of likely N-dealkylation sites (tertiary alicyclic amines) is 1. The number of hydrogen-bond donors (Lipinski definition) is 1. The zero-order chi connectivity index (χ0) is 14.0. The minimum Gasteiger partial charge on any atom is -0.444 e. The van der Waals surface area contributed by atoms with Crippen molar-refractivity contribution in [1.29, 1.82) is 0 Å². The molecule has 2 aliphatic heterocycles. The predicted octanol–water partition coefficient (Wildman–Crippen LogP) is 2.05. The van der Waals surface area contributed by atoms with Crippen LogP contribution in [0.4, 0.5) is 4.79 Å². The van der Waals surface area contributed by atoms with Gasteiger partial charge in [0, 0.05) is 19.0 Å². The summed E-state index contributed by atoms with van der Waals surface area (Å²) in [6, 6.07) is 0.186. The van der Waals surface area contributed by atoms with Crippen LogP contribution in [0.25, 0.3) is 0 Å². The Balaban J connectivity index is 2.07. The van der Waals surface area contributed by atoms with Gasteiger partial charge in [-0.15, -0.1) is 0 Å². The molecule has 2 heterocycles. The van der Waals surface area contributed by atoms with Crippen LogP contribution >= 0.6 is 0 Å². The summed E-state index contributed by atoms with van der Waals surface area (Å²) in [5, 5.41) is 3.04. The zero-order valence-corrected chi connectivity index (χ0v) is 12.1. The Bertz CT molecular complexity index is 362. The lowest BCUT2D eigenvalue weighted by Gasteiger charge is -2.41. The van der Waals surface area contributed by atoms with Gasteiger partial charge in [0.05, 0.1) is 6.04 Å². The van der Waals surface area contributed by atoms with Gasteiger partial charge in [-0.1, -0.05) is 0 Å². The molecule has 2 aliphatic rings. The van der Waals surface area contributed by atoms with Crippen LogP contribution in [0.5, 0.6) is 0 Å². The first-order valence-electron chi connectivity index (χ1n) is 7.16. The van der Waals surface area contributed by atoms with Crippen molar-refractivity contribution in [3.05, 3.63) is 0 Å². The number of carbonyl (C=O) groups is 2. The fourth-order valence-corrected chi connectivity index (χ4v) is 2.88. The molecule has 5 heteroatoms. The van der Waals surface area contributed by atoms with Crippen molar-refractivity contribution in [2.45, 2.75) is 70.6 Å². The van der Waals surface area contributed by atoms with Crippen LogP contribution in [0.1, 0.15) is 52.9 Å². The summed E-state index contributed by atoms with van der Waals surface area (Å²) in [6.45, 7) is 6.36. The van der Waals surface area contributed by atoms with Gasteiger partial charge in [0.2, 0.25) is 5.91 Å². The van der Waals surface area contributed by atoms with E-state index in [1.165, 1.54) is 0 Å². The van der Waals surface area contributed by atoms with Crippen LogP contribution in [0.3, 0.4) is 0 Å². The van der Waals surface area contributed by atoms with Gasteiger partial charge in [0.25, 0.3) is 0 Å². The minimum atomic E-state index is -0.474. The Morgan fingerprint density at radius 3 is 2.74 bits per heavy atom. The van der Waals surface area contributed by atoms with Crippen molar-refractivity contribution >= 4 is 12.0 Å². The molecule has 2 saturated heterocycles. The average molecular weight is 268 g/mol. The fourth-order valence-electron chi connectivity index (χ4n) is 2.88. The van der Waals surface area contributed by atoms with E-state index in [2.05, 4.69) is 5.32 Å². The summed E-state index contributed by atoms with van der Waals surface area (Å²) >= 11 is 0. The largest absolute Gasteiger partial charge is 0.444 e. The summed E-state index contributed by atoms with van der Waals surface area (Å²) in [7, 11) is 0. The van der Waals surface area contributed by atoms with Crippen LogP contribution < -0.4 is 5.32 Å². The first kappa shape index (κ1) is 14.2. The molecule has 0 aliphatic carbocycles. The van der Waals surface area contributed by atoms with Gasteiger partial charge in [-0.25, -0.2) is 4.79 Å². The Morgan fingerprint density at radius 2 is 2.05 bits per heavy atom. The van der Waals surface area contributed by atoms with Gasteiger partial charge < -0.3 is 15.0 Å². The number of carbonyl (C=O) groups excluding carboxylic acids is 2. The van der Waals surface area contributed by atoms with Gasteiger partial charge >= 0.3 is 6.09 Å². The molecule has 0 bridgehead atoms. The molecular weight excluding hydrogens is 244 g/mol. The topological polar surface area (TPSA) is 58.6 Å². The number of hydrogen-bond acceptors (Lipinski definition) is 3. The molecule has 0 aromatic carbocycles. The van der Waals surface area contributed by atoms with E-state index in [0.29, 0.717) is 6.42 Å². The van der Waals surface area contributed by atoms with Crippen molar-refractivity contribution in [2.75, 3.05) is 6.54 Å². The number of nitrogens with one attached hydrogen (secondary N) is 1. The Labute approximate surface area is 114 Å². The highest BCUT2D eigenvalue weighted by Gasteiger charge is 2.38. The van der Waals surface area contributed by atoms with E-state index < -0.39 is 5.60 Å². The van der Waals surface area contributed by atoms with E-state index in [-0.39, 0.29) is 24.1 Å². The van der Waals surface area contributed by atoms with Gasteiger partial charge in [-0.3, -0.25) is 4.79 Å². The molecule has 19 heavy (non-hydrogen) atoms. The molecule has 0 aromatic heterocycles. The molecule has 2 atom stereocenters. The van der Waals surface area contributed by atoms with Crippen molar-refractivity contribution < 1.29 is 14.3 Å². The Kier molecular flexibility index (Phi) is 4.02. The summed E-state index contributed by atoms with van der Waals surface area (Å²) < 4.78 is 5.47. The maximum Gasteiger partial charge on any atom is 0.410 e. The molecule has 5 nitrogen and oxygen atoms in total. The lowest BCUT2D eigenvalue weighted by molar-refractivity contribution is -0.121. The van der Waals surface area contributed by atoms with Gasteiger partial charge in [0.15, 0.2) is 0 Å². The molecule has 1 N–H and O–H groups in total. The standard InChI is InChI=1S/C14H24N2O3/c1-14(2,3)19-13(18)16-9-5-6-10-11(16)7-4-8-12(17)15-10/h10-11H,4-9H2,1-3H3,(H,15,17)/t10-,11+/m1/s1. The molecule has 0 saturated carbocycles. The van der Waals surface area contributed by atoms with Crippen LogP contribution in [-0.4, -0.2) is 41.1 Å². The van der Waals surface area contributed by atoms with Crippen molar-refractivity contribution in [2.24, 2.45) is 0 Å². The van der Waals surface area contributed by atoms with Gasteiger partial charge in [-0.2, -0.15) is 0 Å². The average Bonchev–Trinajstić information content (AvgIpc) is 2.46. The third-order valence-corrected chi connectivity index (χ3v) is 3.66. The number of rotatable bonds is 0. The van der Waals surface area contributed by atoms with Crippen LogP contribution in [-0.2, 0) is 9.53 Å². The van der Waals surface area contributed by atoms with Gasteiger partial charge in [0.1, 0.15) is 5.60 Å². The van der Waals surface area contributed by atoms with Gasteiger partial charge in [-0.05, 0) is 46.5 Å². The van der Waals surface area contributed by atoms with Crippen molar-refractivity contribution in [3.63, 3.8) is 0 Å². The number of amides is 2. The lowest BCUT2D eigenvalue weighted by Crippen LogP contribution is -2.56. The highest BCUT2D eigenvalue weighted by atomic mass is 16.6. The quantitative estimate of drug-likeness (QED) is 0.731. The molecule has 2 fully saturated rings. The van der Waals surface area contributed by atoms with E-state index in [0.717, 1.165) is 32.2 Å². The highest BCUT2D eigenvalue weighted by molar-refractivity contribution is 5.77. The van der Waals surface area contributed by atoms with Crippen LogP contribution in [0.15, 0.2) is 0 Å². The third kappa shape index (κ3) is 3.61. The smallest absolute Gasteiger partial charge is 0.410 e. The maximum absolute atomic E-state index is 12.3. The summed E-state index contributed by atoms with van der Waals surface area (Å²) in [4.78, 5) is 25.7. The van der Waals surface area contributed by atoms with E-state index in [1.807, 2.05) is 25.7 Å². The van der Waals surface area contributed by atoms with E-state index in [9.17, 15) is 9.59 Å². The van der Waals surface area contributed by atoms with E-state index in [1.54, 1.807) is 0 Å². The zero-order valence-electron chi connectivity index (χ0n) is 12.1. The summed E-state index contributed by atoms with van der Waals surface area (Å²) in [6.07, 6.45) is 3.90. The predicted molar refractivity (Wildman–Crippen MR) is 71.7 cm³/mol. The van der Waals surface area contributed by atoms with Crippen LogP contribution in [0.2, 0.25) is 0 Å². The first-order valence-corrected chi connectivity index (χ1v) is 7.16. The Hall–Kier alpha value is -1.26. The molecule has 2 amide bonds. The minimum absolute atomic E-state index is 0.0926. The second-order valence-corrected chi connectivity index (χ2v) is 6.45. The fraction of sp³-hybridized carbons (Fsp3) is 0.857. The number of fused-ring (bicyclic) bond motifs is 1. The van der Waals surface area contributed by atoms with Crippen LogP contribution in [0, 0.1) is 0 Å². The maximum atomic E-state index is 12.3. The summed E-state index contributed by atoms with van der Waals surface area (Å²) in [5.41, 5.74) is -0.474. The lowest BCUT2D eigenvalue weighted by atomic mass is 9.94. The second kappa shape index (κ2) is 5.39. The normalized spacial score (nSPS) is 28.2. The van der Waals surface area contributed by atoms with E-state index in [4.69, 9.17) is 4.74 Å². The van der Waals surface area contributed by atoms with Crippen molar-refractivity contribution in [1.82, 2.24) is 10.2 Å². The number of piperidine rings is 1. The second-order valence-electron chi connectivity index (χ2n) is 6.45. The highest BCUT2D eigenvalue weighted by Crippen LogP contribution is 2.26. The molecule has 0 unspecified atom stereocenters. The molecule has 108 valence electrons. The summed E-state index contributed by atoms with van der Waals surface area (Å²) in [5.74, 6) is 0.110. The Morgan fingerprint density at radius 1 is 1.32 bits per heavy atom. The monoisotopic (exact) mass is 268 g/mol. The molecule has 2 rings (SSSR count). The van der Waals surface area contributed by atoms with Crippen molar-refractivity contribution in [3.8, 4) is 0 Å². The molecule has 0 aromatic rings. The first-order chi connectivity index (χ1) is 8.87. The molecule has 0 radical (unpaired) electrons. The van der Waals surface area contributed by atoms with E-state index >= 15 is 0 Å². The third-order valence-electron chi connectivity index (χ3n) is 3.66. The number of nitrogens with zero attached hydrogens (tertiary/aromatic N) is 1. The molecule has 0 spiro atoms. The molecular formula is C14H24N2O3. The SMILES string of the molecule is CC(C)(C)OC(=O)N1CCC[C@H]2NC(=O)CCC[C@@H]21.